The third-order valence-corrected chi connectivity index (χ3v) is 5.28. The number of rotatable bonds is 6. The lowest BCUT2D eigenvalue weighted by Gasteiger charge is -2.36. The van der Waals surface area contributed by atoms with Crippen molar-refractivity contribution in [1.82, 2.24) is 9.88 Å². The minimum absolute atomic E-state index is 0.249. The summed E-state index contributed by atoms with van der Waals surface area (Å²) in [6, 6.07) is 12.5. The molecule has 1 aromatic heterocycles. The first-order chi connectivity index (χ1) is 13.1. The molecule has 0 unspecified atom stereocenters. The third-order valence-electron chi connectivity index (χ3n) is 5.28. The van der Waals surface area contributed by atoms with E-state index in [2.05, 4.69) is 53.8 Å². The number of benzene rings is 1. The van der Waals surface area contributed by atoms with Gasteiger partial charge in [0.15, 0.2) is 0 Å². The van der Waals surface area contributed by atoms with Crippen LogP contribution in [0.25, 0.3) is 0 Å². The third kappa shape index (κ3) is 4.79. The van der Waals surface area contributed by atoms with Crippen molar-refractivity contribution in [3.05, 3.63) is 53.7 Å². The maximum absolute atomic E-state index is 12.7. The molecule has 1 fully saturated rings. The minimum atomic E-state index is 0.249. The van der Waals surface area contributed by atoms with Gasteiger partial charge in [0.1, 0.15) is 5.82 Å². The molecule has 27 heavy (non-hydrogen) atoms. The molecule has 1 aromatic carbocycles. The number of nitrogens with zero attached hydrogens (tertiary/aromatic N) is 4. The predicted octanol–water partition coefficient (Wildman–Crippen LogP) is 3.26. The number of carbonyl (C=O) groups is 1. The Morgan fingerprint density at radius 3 is 2.52 bits per heavy atom. The van der Waals surface area contributed by atoms with Crippen molar-refractivity contribution in [3.63, 3.8) is 0 Å². The summed E-state index contributed by atoms with van der Waals surface area (Å²) in [5.74, 6) is 1.25. The number of anilines is 2. The first-order valence-corrected chi connectivity index (χ1v) is 9.84. The molecule has 0 spiro atoms. The summed E-state index contributed by atoms with van der Waals surface area (Å²) in [7, 11) is 0. The van der Waals surface area contributed by atoms with E-state index in [0.717, 1.165) is 45.1 Å². The van der Waals surface area contributed by atoms with Gasteiger partial charge in [-0.15, -0.1) is 0 Å². The highest BCUT2D eigenvalue weighted by Crippen LogP contribution is 2.21. The van der Waals surface area contributed by atoms with E-state index in [1.165, 1.54) is 16.8 Å². The Morgan fingerprint density at radius 2 is 1.89 bits per heavy atom. The van der Waals surface area contributed by atoms with Gasteiger partial charge in [0, 0.05) is 57.6 Å². The van der Waals surface area contributed by atoms with Gasteiger partial charge in [0.05, 0.1) is 0 Å². The Labute approximate surface area is 162 Å². The van der Waals surface area contributed by atoms with Crippen LogP contribution < -0.4 is 9.80 Å². The fourth-order valence-corrected chi connectivity index (χ4v) is 3.72. The minimum Gasteiger partial charge on any atom is -0.371 e. The van der Waals surface area contributed by atoms with Crippen LogP contribution >= 0.6 is 0 Å². The maximum Gasteiger partial charge on any atom is 0.224 e. The quantitative estimate of drug-likeness (QED) is 0.787. The maximum atomic E-state index is 12.7. The topological polar surface area (TPSA) is 39.7 Å². The zero-order valence-electron chi connectivity index (χ0n) is 16.7. The number of carbonyl (C=O) groups excluding carboxylic acids is 1. The van der Waals surface area contributed by atoms with Crippen molar-refractivity contribution in [2.24, 2.45) is 0 Å². The van der Waals surface area contributed by atoms with Crippen LogP contribution in [0.3, 0.4) is 0 Å². The average molecular weight is 367 g/mol. The van der Waals surface area contributed by atoms with Crippen LogP contribution in [0.15, 0.2) is 42.6 Å². The van der Waals surface area contributed by atoms with E-state index in [-0.39, 0.29) is 5.91 Å². The van der Waals surface area contributed by atoms with E-state index in [1.807, 2.05) is 29.3 Å². The number of aryl methyl sites for hydroxylation is 2. The summed E-state index contributed by atoms with van der Waals surface area (Å²) in [6.45, 7) is 11.3. The first kappa shape index (κ1) is 19.2. The molecular weight excluding hydrogens is 336 g/mol. The van der Waals surface area contributed by atoms with Gasteiger partial charge in [0.25, 0.3) is 0 Å². The van der Waals surface area contributed by atoms with Crippen LogP contribution in [0, 0.1) is 13.8 Å². The molecule has 3 rings (SSSR count). The zero-order valence-corrected chi connectivity index (χ0v) is 16.7. The summed E-state index contributed by atoms with van der Waals surface area (Å²) < 4.78 is 0. The molecule has 0 atom stereocenters. The van der Waals surface area contributed by atoms with Gasteiger partial charge in [0.2, 0.25) is 5.91 Å². The Hall–Kier alpha value is -2.56. The smallest absolute Gasteiger partial charge is 0.224 e. The van der Waals surface area contributed by atoms with Gasteiger partial charge in [-0.05, 0) is 44.5 Å². The lowest BCUT2D eigenvalue weighted by molar-refractivity contribution is -0.131. The lowest BCUT2D eigenvalue weighted by Crippen LogP contribution is -2.49. The van der Waals surface area contributed by atoms with Crippen molar-refractivity contribution in [3.8, 4) is 0 Å². The molecule has 0 aliphatic carbocycles. The van der Waals surface area contributed by atoms with Gasteiger partial charge in [-0.3, -0.25) is 4.79 Å². The van der Waals surface area contributed by atoms with E-state index >= 15 is 0 Å². The number of piperazine rings is 1. The van der Waals surface area contributed by atoms with Crippen molar-refractivity contribution in [1.29, 1.82) is 0 Å². The molecule has 5 heteroatoms. The molecule has 2 aromatic rings. The zero-order chi connectivity index (χ0) is 19.2. The number of amides is 1. The van der Waals surface area contributed by atoms with Crippen LogP contribution in [-0.2, 0) is 4.79 Å². The van der Waals surface area contributed by atoms with Gasteiger partial charge in [-0.2, -0.15) is 0 Å². The van der Waals surface area contributed by atoms with E-state index in [4.69, 9.17) is 0 Å². The van der Waals surface area contributed by atoms with Crippen LogP contribution in [0.4, 0.5) is 11.5 Å². The van der Waals surface area contributed by atoms with E-state index in [1.54, 1.807) is 0 Å². The van der Waals surface area contributed by atoms with Crippen LogP contribution in [0.5, 0.6) is 0 Å². The summed E-state index contributed by atoms with van der Waals surface area (Å²) in [4.78, 5) is 23.6. The van der Waals surface area contributed by atoms with Crippen LogP contribution in [0.1, 0.15) is 24.5 Å². The Morgan fingerprint density at radius 1 is 1.11 bits per heavy atom. The van der Waals surface area contributed by atoms with Crippen LogP contribution in [-0.4, -0.2) is 55.1 Å². The molecule has 1 amide bonds. The average Bonchev–Trinajstić information content (AvgIpc) is 2.70. The second-order valence-corrected chi connectivity index (χ2v) is 7.18. The highest BCUT2D eigenvalue weighted by Gasteiger charge is 2.22. The summed E-state index contributed by atoms with van der Waals surface area (Å²) in [5, 5.41) is 0. The van der Waals surface area contributed by atoms with E-state index in [0.29, 0.717) is 6.42 Å². The van der Waals surface area contributed by atoms with Crippen molar-refractivity contribution in [2.75, 3.05) is 49.1 Å². The largest absolute Gasteiger partial charge is 0.371 e. The molecule has 5 nitrogen and oxygen atoms in total. The summed E-state index contributed by atoms with van der Waals surface area (Å²) in [6.07, 6.45) is 2.38. The molecule has 0 radical (unpaired) electrons. The van der Waals surface area contributed by atoms with Gasteiger partial charge in [-0.25, -0.2) is 4.98 Å². The van der Waals surface area contributed by atoms with Crippen molar-refractivity contribution < 1.29 is 4.79 Å². The first-order valence-electron chi connectivity index (χ1n) is 9.84. The molecule has 0 saturated carbocycles. The van der Waals surface area contributed by atoms with Gasteiger partial charge >= 0.3 is 0 Å². The lowest BCUT2D eigenvalue weighted by atomic mass is 10.1. The van der Waals surface area contributed by atoms with Crippen LogP contribution in [0.2, 0.25) is 0 Å². The number of hydrogen-bond donors (Lipinski definition) is 0. The summed E-state index contributed by atoms with van der Waals surface area (Å²) >= 11 is 0. The van der Waals surface area contributed by atoms with Gasteiger partial charge in [-0.1, -0.05) is 23.8 Å². The molecule has 0 bridgehead atoms. The molecule has 0 N–H and O–H groups in total. The van der Waals surface area contributed by atoms with E-state index < -0.39 is 0 Å². The summed E-state index contributed by atoms with van der Waals surface area (Å²) in [5.41, 5.74) is 3.78. The SMILES string of the molecule is CCN(CCC(=O)N1CCN(c2ccccn2)CC1)c1ccc(C)cc1C. The molecule has 1 aliphatic heterocycles. The predicted molar refractivity (Wildman–Crippen MR) is 111 cm³/mol. The Balaban J connectivity index is 1.52. The van der Waals surface area contributed by atoms with Crippen molar-refractivity contribution >= 4 is 17.4 Å². The standard InChI is InChI=1S/C22H30N4O/c1-4-24(20-9-8-18(2)17-19(20)3)12-10-22(27)26-15-13-25(14-16-26)21-7-5-6-11-23-21/h5-9,11,17H,4,10,12-16H2,1-3H3. The fraction of sp³-hybridized carbons (Fsp3) is 0.455. The fourth-order valence-electron chi connectivity index (χ4n) is 3.72. The second kappa shape index (κ2) is 8.89. The van der Waals surface area contributed by atoms with E-state index in [9.17, 15) is 4.79 Å². The molecule has 1 saturated heterocycles. The Bertz CT molecular complexity index is 754. The molecule has 1 aliphatic rings. The number of aromatic nitrogens is 1. The number of pyridine rings is 1. The molecule has 2 heterocycles. The molecular formula is C22H30N4O. The number of hydrogen-bond acceptors (Lipinski definition) is 4. The second-order valence-electron chi connectivity index (χ2n) is 7.18. The monoisotopic (exact) mass is 366 g/mol. The van der Waals surface area contributed by atoms with Crippen molar-refractivity contribution in [2.45, 2.75) is 27.2 Å². The van der Waals surface area contributed by atoms with Gasteiger partial charge < -0.3 is 14.7 Å². The normalized spacial score (nSPS) is 14.3. The molecule has 144 valence electrons. The highest BCUT2D eigenvalue weighted by atomic mass is 16.2. The Kier molecular flexibility index (Phi) is 6.32. The highest BCUT2D eigenvalue weighted by molar-refractivity contribution is 5.77.